The lowest BCUT2D eigenvalue weighted by Gasteiger charge is -2.29. The molecule has 1 aromatic heterocycles. The van der Waals surface area contributed by atoms with E-state index in [1.165, 1.54) is 16.8 Å². The highest BCUT2D eigenvalue weighted by Gasteiger charge is 2.45. The van der Waals surface area contributed by atoms with Crippen LogP contribution in [0.5, 0.6) is 0 Å². The molecule has 3 aromatic carbocycles. The molecule has 18 heteroatoms. The number of ketones is 1. The number of para-hydroxylation sites is 2. The number of likely N-dealkylation sites (N-methyl/N-ethyl adjacent to an activating group) is 2. The monoisotopic (exact) mass is 861 g/mol. The number of carbonyl (C=O) groups is 5. The van der Waals surface area contributed by atoms with Gasteiger partial charge in [-0.1, -0.05) is 72.8 Å². The van der Waals surface area contributed by atoms with Gasteiger partial charge in [-0.05, 0) is 68.8 Å². The predicted molar refractivity (Wildman–Crippen MR) is 227 cm³/mol. The van der Waals surface area contributed by atoms with Crippen molar-refractivity contribution in [3.8, 4) is 0 Å². The van der Waals surface area contributed by atoms with Crippen LogP contribution < -0.4 is 16.4 Å². The molecule has 0 saturated carbocycles. The third-order valence-corrected chi connectivity index (χ3v) is 11.8. The zero-order chi connectivity index (χ0) is 43.9. The SMILES string of the molecule is CCN(CCN(C)S(C)(=O)=O)C(=O)O[C@@H]1C[C@@H](C(=O)N[C@@H](CCCCN)C(=O)c2nc3ccccc3o2)N(C(=O)[C@@H](CCc2ccccc2)NC(=O)OCc2ccccc2)C1. The summed E-state index contributed by atoms with van der Waals surface area (Å²) in [7, 11) is -2.11. The van der Waals surface area contributed by atoms with Crippen LogP contribution in [0, 0.1) is 0 Å². The van der Waals surface area contributed by atoms with E-state index in [1.54, 1.807) is 43.3 Å². The second-order valence-electron chi connectivity index (χ2n) is 14.9. The molecule has 1 aliphatic rings. The van der Waals surface area contributed by atoms with Crippen molar-refractivity contribution in [3.05, 3.63) is 102 Å². The number of likely N-dealkylation sites (tertiary alicyclic amines) is 1. The van der Waals surface area contributed by atoms with Crippen LogP contribution >= 0.6 is 0 Å². The highest BCUT2D eigenvalue weighted by atomic mass is 32.2. The summed E-state index contributed by atoms with van der Waals surface area (Å²) >= 11 is 0. The fourth-order valence-electron chi connectivity index (χ4n) is 6.87. The Bertz CT molecular complexity index is 2170. The summed E-state index contributed by atoms with van der Waals surface area (Å²) in [5, 5.41) is 5.53. The fourth-order valence-corrected chi connectivity index (χ4v) is 7.29. The number of unbranched alkanes of at least 4 members (excludes halogenated alkanes) is 1. The van der Waals surface area contributed by atoms with Crippen molar-refractivity contribution < 1.29 is 46.3 Å². The van der Waals surface area contributed by atoms with Crippen LogP contribution in [-0.4, -0.2) is 128 Å². The van der Waals surface area contributed by atoms with Crippen molar-refractivity contribution in [1.82, 2.24) is 29.7 Å². The number of aryl methyl sites for hydroxylation is 1. The highest BCUT2D eigenvalue weighted by Crippen LogP contribution is 2.25. The molecule has 4 aromatic rings. The Morgan fingerprint density at radius 1 is 0.902 bits per heavy atom. The second kappa shape index (κ2) is 22.1. The van der Waals surface area contributed by atoms with E-state index in [2.05, 4.69) is 15.6 Å². The number of Topliss-reactive ketones (excluding diaryl/α,β-unsaturated/α-hetero) is 1. The average molecular weight is 862 g/mol. The Kier molecular flexibility index (Phi) is 16.8. The molecule has 4 amide bonds. The van der Waals surface area contributed by atoms with Crippen LogP contribution in [-0.2, 0) is 42.1 Å². The number of hydrogen-bond acceptors (Lipinski definition) is 12. The molecule has 5 rings (SSSR count). The van der Waals surface area contributed by atoms with Crippen LogP contribution in [0.4, 0.5) is 9.59 Å². The number of nitrogens with two attached hydrogens (primary N) is 1. The number of benzene rings is 3. The summed E-state index contributed by atoms with van der Waals surface area (Å²) in [5.41, 5.74) is 8.27. The highest BCUT2D eigenvalue weighted by molar-refractivity contribution is 7.88. The number of amides is 4. The standard InChI is InChI=1S/C43H55N7O10S/c1-4-49(26-25-48(2)61(3,56)57)43(55)59-32-27-36(39(52)45-34(20-13-14-24-44)38(51)40-46-33-19-11-12-21-37(33)60-40)50(28-32)41(53)35(23-22-30-15-7-5-8-16-30)47-42(54)58-29-31-17-9-6-10-18-31/h5-12,15-19,21,32,34-36H,4,13-14,20,22-29,44H2,1-3H3,(H,45,52)(H,47,54)/t32-,34+,35-,36+/m1/s1. The Labute approximate surface area is 356 Å². The molecule has 4 atom stereocenters. The van der Waals surface area contributed by atoms with Gasteiger partial charge in [-0.15, -0.1) is 0 Å². The molecule has 0 spiro atoms. The Balaban J connectivity index is 1.40. The lowest BCUT2D eigenvalue weighted by Crippen LogP contribution is -2.55. The summed E-state index contributed by atoms with van der Waals surface area (Å²) in [4.78, 5) is 76.7. The number of fused-ring (bicyclic) bond motifs is 1. The third-order valence-electron chi connectivity index (χ3n) is 10.5. The number of hydrogen-bond donors (Lipinski definition) is 3. The normalized spacial score (nSPS) is 16.2. The minimum Gasteiger partial charge on any atom is -0.445 e. The van der Waals surface area contributed by atoms with Gasteiger partial charge in [-0.2, -0.15) is 0 Å². The van der Waals surface area contributed by atoms with Gasteiger partial charge in [0.25, 0.3) is 5.89 Å². The van der Waals surface area contributed by atoms with Crippen molar-refractivity contribution in [1.29, 1.82) is 0 Å². The number of nitrogens with one attached hydrogen (secondary N) is 2. The van der Waals surface area contributed by atoms with Gasteiger partial charge in [0.2, 0.25) is 27.6 Å². The van der Waals surface area contributed by atoms with Gasteiger partial charge >= 0.3 is 12.2 Å². The number of carbonyl (C=O) groups excluding carboxylic acids is 5. The van der Waals surface area contributed by atoms with Gasteiger partial charge in [0.05, 0.1) is 18.8 Å². The Morgan fingerprint density at radius 2 is 1.57 bits per heavy atom. The lowest BCUT2D eigenvalue weighted by molar-refractivity contribution is -0.140. The number of nitrogens with zero attached hydrogens (tertiary/aromatic N) is 4. The van der Waals surface area contributed by atoms with Crippen molar-refractivity contribution in [2.75, 3.05) is 46.0 Å². The smallest absolute Gasteiger partial charge is 0.410 e. The maximum atomic E-state index is 14.7. The number of ether oxygens (including phenoxy) is 2. The molecular weight excluding hydrogens is 807 g/mol. The molecule has 1 fully saturated rings. The van der Waals surface area contributed by atoms with Gasteiger partial charge in [-0.3, -0.25) is 14.4 Å². The molecule has 0 unspecified atom stereocenters. The van der Waals surface area contributed by atoms with Crippen LogP contribution in [0.3, 0.4) is 0 Å². The summed E-state index contributed by atoms with van der Waals surface area (Å²) < 4.78 is 42.2. The first-order valence-corrected chi connectivity index (χ1v) is 22.2. The second-order valence-corrected chi connectivity index (χ2v) is 17.0. The zero-order valence-electron chi connectivity index (χ0n) is 34.7. The molecule has 328 valence electrons. The lowest BCUT2D eigenvalue weighted by atomic mass is 10.0. The average Bonchev–Trinajstić information content (AvgIpc) is 3.89. The molecule has 0 bridgehead atoms. The number of oxazole rings is 1. The van der Waals surface area contributed by atoms with Crippen molar-refractivity contribution in [2.24, 2.45) is 5.73 Å². The van der Waals surface area contributed by atoms with E-state index in [1.807, 2.05) is 48.5 Å². The van der Waals surface area contributed by atoms with Gasteiger partial charge in [0.1, 0.15) is 30.3 Å². The molecule has 0 radical (unpaired) electrons. The first-order valence-electron chi connectivity index (χ1n) is 20.4. The van der Waals surface area contributed by atoms with E-state index >= 15 is 0 Å². The van der Waals surface area contributed by atoms with Crippen LogP contribution in [0.15, 0.2) is 89.3 Å². The zero-order valence-corrected chi connectivity index (χ0v) is 35.6. The fraction of sp³-hybridized carbons (Fsp3) is 0.442. The maximum absolute atomic E-state index is 14.7. The summed E-state index contributed by atoms with van der Waals surface area (Å²) in [6.07, 6.45) is 0.0893. The van der Waals surface area contributed by atoms with E-state index in [-0.39, 0.29) is 57.9 Å². The van der Waals surface area contributed by atoms with E-state index in [9.17, 15) is 32.4 Å². The van der Waals surface area contributed by atoms with Crippen LogP contribution in [0.25, 0.3) is 11.1 Å². The third kappa shape index (κ3) is 13.3. The molecule has 17 nitrogen and oxygen atoms in total. The minimum absolute atomic E-state index is 0.0108. The Hall–Kier alpha value is -5.85. The minimum atomic E-state index is -3.51. The largest absolute Gasteiger partial charge is 0.445 e. The molecule has 0 aliphatic carbocycles. The predicted octanol–water partition coefficient (Wildman–Crippen LogP) is 3.87. The molecule has 4 N–H and O–H groups in total. The van der Waals surface area contributed by atoms with Gasteiger partial charge < -0.3 is 40.1 Å². The van der Waals surface area contributed by atoms with E-state index in [0.717, 1.165) is 21.7 Å². The maximum Gasteiger partial charge on any atom is 0.410 e. The van der Waals surface area contributed by atoms with Crippen molar-refractivity contribution >= 4 is 50.9 Å². The van der Waals surface area contributed by atoms with Crippen LogP contribution in [0.1, 0.15) is 60.8 Å². The number of alkyl carbamates (subject to hydrolysis) is 1. The van der Waals surface area contributed by atoms with E-state index < -0.39 is 64.0 Å². The number of rotatable bonds is 21. The van der Waals surface area contributed by atoms with Gasteiger partial charge in [0.15, 0.2) is 5.58 Å². The van der Waals surface area contributed by atoms with E-state index in [0.29, 0.717) is 36.9 Å². The quantitative estimate of drug-likeness (QED) is 0.0803. The number of sulfonamides is 1. The molecule has 61 heavy (non-hydrogen) atoms. The van der Waals surface area contributed by atoms with Gasteiger partial charge in [0, 0.05) is 33.1 Å². The summed E-state index contributed by atoms with van der Waals surface area (Å²) in [6.45, 7) is 2.03. The number of aromatic nitrogens is 1. The molecule has 1 aliphatic heterocycles. The summed E-state index contributed by atoms with van der Waals surface area (Å²) in [5.74, 6) is -2.07. The molecule has 1 saturated heterocycles. The molecular formula is C43H55N7O10S. The molecule has 2 heterocycles. The van der Waals surface area contributed by atoms with Crippen LogP contribution in [0.2, 0.25) is 0 Å². The van der Waals surface area contributed by atoms with Gasteiger partial charge in [-0.25, -0.2) is 27.3 Å². The van der Waals surface area contributed by atoms with Crippen molar-refractivity contribution in [2.45, 2.75) is 76.3 Å². The van der Waals surface area contributed by atoms with E-state index in [4.69, 9.17) is 19.6 Å². The Morgan fingerprint density at radius 3 is 2.23 bits per heavy atom. The van der Waals surface area contributed by atoms with Crippen molar-refractivity contribution in [3.63, 3.8) is 0 Å². The summed E-state index contributed by atoms with van der Waals surface area (Å²) in [6, 6.07) is 21.8. The first-order chi connectivity index (χ1) is 29.3. The first kappa shape index (κ1) is 46.2. The topological polar surface area (TPSA) is 224 Å².